The number of carboxylic acid groups (broad SMARTS) is 1. The number of carbonyl (C=O) groups excluding carboxylic acids is 2. The number of hydrogen-bond acceptors (Lipinski definition) is 5. The predicted molar refractivity (Wildman–Crippen MR) is 136 cm³/mol. The number of carbonyl (C=O) groups is 3. The van der Waals surface area contributed by atoms with Crippen LogP contribution in [0.1, 0.15) is 80.2 Å². The van der Waals surface area contributed by atoms with E-state index in [9.17, 15) is 14.4 Å². The molecule has 0 radical (unpaired) electrons. The van der Waals surface area contributed by atoms with Gasteiger partial charge in [0.05, 0.1) is 17.7 Å². The molecule has 0 aliphatic heterocycles. The molecule has 1 aromatic carbocycles. The molecule has 196 valence electrons. The van der Waals surface area contributed by atoms with Crippen molar-refractivity contribution in [2.75, 3.05) is 6.54 Å². The lowest BCUT2D eigenvalue weighted by atomic mass is 10.0. The zero-order valence-electron chi connectivity index (χ0n) is 22.2. The lowest BCUT2D eigenvalue weighted by molar-refractivity contribution is -0.136. The van der Waals surface area contributed by atoms with Crippen LogP contribution in [-0.2, 0) is 25.7 Å². The van der Waals surface area contributed by atoms with Crippen molar-refractivity contribution >= 4 is 18.5 Å². The van der Waals surface area contributed by atoms with Crippen LogP contribution < -0.4 is 10.6 Å². The molecular weight excluding hydrogens is 436 g/mol. The van der Waals surface area contributed by atoms with Gasteiger partial charge in [-0.15, -0.1) is 0 Å². The molecule has 0 aromatic heterocycles. The first kappa shape index (κ1) is 33.6. The smallest absolute Gasteiger partial charge is 0.407 e. The fraction of sp³-hybridized carbons (Fsp3) is 0.654. The highest BCUT2D eigenvalue weighted by molar-refractivity contribution is 5.71. The van der Waals surface area contributed by atoms with Gasteiger partial charge in [0, 0.05) is 0 Å². The summed E-state index contributed by atoms with van der Waals surface area (Å²) in [5.41, 5.74) is 0.734. The van der Waals surface area contributed by atoms with Crippen molar-refractivity contribution in [3.8, 4) is 0 Å². The van der Waals surface area contributed by atoms with E-state index in [0.29, 0.717) is 6.41 Å². The molecule has 2 amide bonds. The fourth-order valence-electron chi connectivity index (χ4n) is 2.55. The summed E-state index contributed by atoms with van der Waals surface area (Å²) < 4.78 is 11.0. The lowest BCUT2D eigenvalue weighted by Crippen LogP contribution is -2.43. The normalized spacial score (nSPS) is 12.9. The third-order valence-corrected chi connectivity index (χ3v) is 4.62. The van der Waals surface area contributed by atoms with E-state index in [0.717, 1.165) is 11.5 Å². The van der Waals surface area contributed by atoms with Crippen LogP contribution in [0.3, 0.4) is 0 Å². The van der Waals surface area contributed by atoms with Gasteiger partial charge in [0.15, 0.2) is 0 Å². The van der Waals surface area contributed by atoms with Crippen LogP contribution >= 0.6 is 0 Å². The van der Waals surface area contributed by atoms with Crippen LogP contribution in [0.15, 0.2) is 30.3 Å². The maximum Gasteiger partial charge on any atom is 0.407 e. The Morgan fingerprint density at radius 2 is 1.68 bits per heavy atom. The Balaban J connectivity index is 0. The Labute approximate surface area is 205 Å². The van der Waals surface area contributed by atoms with Gasteiger partial charge in [-0.3, -0.25) is 9.59 Å². The van der Waals surface area contributed by atoms with Gasteiger partial charge in [0.1, 0.15) is 13.2 Å². The van der Waals surface area contributed by atoms with E-state index in [4.69, 9.17) is 14.6 Å². The zero-order chi connectivity index (χ0) is 26.6. The molecule has 3 N–H and O–H groups in total. The summed E-state index contributed by atoms with van der Waals surface area (Å²) in [5.74, 6) is -0.0860. The summed E-state index contributed by atoms with van der Waals surface area (Å²) in [4.78, 5) is 30.6. The van der Waals surface area contributed by atoms with Crippen LogP contribution in [0.4, 0.5) is 4.79 Å². The molecule has 0 saturated heterocycles. The summed E-state index contributed by atoms with van der Waals surface area (Å²) in [6.07, 6.45) is 3.91. The largest absolute Gasteiger partial charge is 0.480 e. The molecule has 0 bridgehead atoms. The minimum absolute atomic E-state index is 0.0840. The van der Waals surface area contributed by atoms with Gasteiger partial charge in [0.2, 0.25) is 6.41 Å². The molecule has 0 aliphatic carbocycles. The summed E-state index contributed by atoms with van der Waals surface area (Å²) in [5, 5.41) is 12.6. The summed E-state index contributed by atoms with van der Waals surface area (Å²) >= 11 is 0. The van der Waals surface area contributed by atoms with Crippen LogP contribution in [0.2, 0.25) is 0 Å². The molecule has 0 saturated carbocycles. The average molecular weight is 483 g/mol. The minimum Gasteiger partial charge on any atom is -0.480 e. The van der Waals surface area contributed by atoms with Crippen molar-refractivity contribution in [2.45, 2.75) is 99.0 Å². The van der Waals surface area contributed by atoms with E-state index in [1.54, 1.807) is 0 Å². The Bertz CT molecular complexity index is 661. The number of benzene rings is 1. The highest BCUT2D eigenvalue weighted by Crippen LogP contribution is 2.13. The van der Waals surface area contributed by atoms with Crippen molar-refractivity contribution in [1.29, 1.82) is 0 Å². The first-order valence-corrected chi connectivity index (χ1v) is 11.9. The molecule has 1 aromatic rings. The summed E-state index contributed by atoms with van der Waals surface area (Å²) in [6, 6.07) is 9.48. The van der Waals surface area contributed by atoms with Gasteiger partial charge in [-0.05, 0) is 46.1 Å². The van der Waals surface area contributed by atoms with Gasteiger partial charge in [-0.1, -0.05) is 70.4 Å². The molecule has 34 heavy (non-hydrogen) atoms. The molecule has 0 heterocycles. The van der Waals surface area contributed by atoms with E-state index < -0.39 is 12.1 Å². The molecule has 8 nitrogen and oxygen atoms in total. The molecule has 0 spiro atoms. The first-order chi connectivity index (χ1) is 15.9. The quantitative estimate of drug-likeness (QED) is 0.376. The van der Waals surface area contributed by atoms with Crippen molar-refractivity contribution in [3.63, 3.8) is 0 Å². The second-order valence-electron chi connectivity index (χ2n) is 9.12. The lowest BCUT2D eigenvalue weighted by Gasteiger charge is -2.29. The van der Waals surface area contributed by atoms with Gasteiger partial charge in [0.25, 0.3) is 0 Å². The van der Waals surface area contributed by atoms with Crippen LogP contribution in [0, 0.1) is 5.92 Å². The van der Waals surface area contributed by atoms with Gasteiger partial charge in [-0.25, -0.2) is 4.79 Å². The Morgan fingerprint density at radius 1 is 1.09 bits per heavy atom. The van der Waals surface area contributed by atoms with Crippen molar-refractivity contribution in [2.24, 2.45) is 5.92 Å². The second kappa shape index (κ2) is 19.8. The highest BCUT2D eigenvalue weighted by Gasteiger charge is 2.21. The van der Waals surface area contributed by atoms with Crippen LogP contribution in [0.25, 0.3) is 0 Å². The van der Waals surface area contributed by atoms with E-state index in [1.165, 1.54) is 19.3 Å². The standard InChI is InChI=1S/C16H25NO3.C7H16.C3H5NO3/c1-12(13(2)20-16(3,4)5)17-15(18)19-11-14-9-7-6-8-10-14;1-4-6-7(3)5-2;5-2-4-1-3(6)7/h6-10,12-13H,11H2,1-5H3,(H,17,18);7H,4-6H2,1-3H3;2H,1H2,(H,4,5)(H,6,7). The van der Waals surface area contributed by atoms with Gasteiger partial charge in [-0.2, -0.15) is 0 Å². The number of amides is 2. The molecule has 0 fully saturated rings. The highest BCUT2D eigenvalue weighted by atomic mass is 16.5. The van der Waals surface area contributed by atoms with Crippen molar-refractivity contribution < 1.29 is 29.0 Å². The molecular formula is C26H46N2O6. The maximum absolute atomic E-state index is 11.7. The van der Waals surface area contributed by atoms with E-state index >= 15 is 0 Å². The van der Waals surface area contributed by atoms with E-state index in [-0.39, 0.29) is 30.9 Å². The molecule has 3 unspecified atom stereocenters. The third kappa shape index (κ3) is 22.6. The third-order valence-electron chi connectivity index (χ3n) is 4.62. The Morgan fingerprint density at radius 3 is 2.06 bits per heavy atom. The van der Waals surface area contributed by atoms with Crippen LogP contribution in [0.5, 0.6) is 0 Å². The molecule has 1 rings (SSSR count). The van der Waals surface area contributed by atoms with Gasteiger partial charge < -0.3 is 25.2 Å². The number of alkyl carbamates (subject to hydrolysis) is 1. The number of ether oxygens (including phenoxy) is 2. The summed E-state index contributed by atoms with van der Waals surface area (Å²) in [6.45, 7) is 16.6. The molecule has 3 atom stereocenters. The number of rotatable bonds is 11. The van der Waals surface area contributed by atoms with Crippen molar-refractivity contribution in [1.82, 2.24) is 10.6 Å². The topological polar surface area (TPSA) is 114 Å². The minimum atomic E-state index is -1.04. The average Bonchev–Trinajstić information content (AvgIpc) is 2.76. The first-order valence-electron chi connectivity index (χ1n) is 11.9. The Hall–Kier alpha value is -2.61. The van der Waals surface area contributed by atoms with E-state index in [2.05, 4.69) is 26.1 Å². The number of aliphatic carboxylic acids is 1. The summed E-state index contributed by atoms with van der Waals surface area (Å²) in [7, 11) is 0. The fourth-order valence-corrected chi connectivity index (χ4v) is 2.55. The molecule has 8 heteroatoms. The zero-order valence-corrected chi connectivity index (χ0v) is 22.2. The Kier molecular flexibility index (Phi) is 19.6. The molecule has 0 aliphatic rings. The van der Waals surface area contributed by atoms with Crippen molar-refractivity contribution in [3.05, 3.63) is 35.9 Å². The SMILES string of the molecule is CC(NC(=O)OCc1ccccc1)C(C)OC(C)(C)C.CCCC(C)CC.O=CNCC(=O)O. The second-order valence-corrected chi connectivity index (χ2v) is 9.12. The number of carboxylic acids is 1. The van der Waals surface area contributed by atoms with Crippen LogP contribution in [-0.4, -0.2) is 47.9 Å². The number of nitrogens with one attached hydrogen (secondary N) is 2. The van der Waals surface area contributed by atoms with Gasteiger partial charge >= 0.3 is 12.1 Å². The monoisotopic (exact) mass is 482 g/mol. The predicted octanol–water partition coefficient (Wildman–Crippen LogP) is 5.15. The number of hydrogen-bond donors (Lipinski definition) is 3. The van der Waals surface area contributed by atoms with E-state index in [1.807, 2.05) is 70.3 Å². The maximum atomic E-state index is 11.7.